The quantitative estimate of drug-likeness (QED) is 0.870. The van der Waals surface area contributed by atoms with E-state index in [4.69, 9.17) is 4.42 Å². The van der Waals surface area contributed by atoms with Crippen LogP contribution in [0.1, 0.15) is 36.3 Å². The van der Waals surface area contributed by atoms with E-state index < -0.39 is 10.0 Å². The van der Waals surface area contributed by atoms with Crippen molar-refractivity contribution in [2.45, 2.75) is 25.8 Å². The van der Waals surface area contributed by atoms with Crippen molar-refractivity contribution < 1.29 is 12.8 Å². The third-order valence-electron chi connectivity index (χ3n) is 3.76. The molecule has 2 heterocycles. The van der Waals surface area contributed by atoms with Crippen LogP contribution in [0.15, 0.2) is 52.2 Å². The molecule has 6 heteroatoms. The average molecular weight is 318 g/mol. The van der Waals surface area contributed by atoms with Gasteiger partial charge in [-0.3, -0.25) is 0 Å². The van der Waals surface area contributed by atoms with Crippen LogP contribution in [0.5, 0.6) is 0 Å². The van der Waals surface area contributed by atoms with Gasteiger partial charge in [-0.05, 0) is 29.7 Å². The van der Waals surface area contributed by atoms with E-state index in [1.807, 2.05) is 24.3 Å². The molecule has 1 aliphatic rings. The molecular weight excluding hydrogens is 300 g/mol. The zero-order valence-corrected chi connectivity index (χ0v) is 13.4. The minimum Gasteiger partial charge on any atom is -0.463 e. The van der Waals surface area contributed by atoms with Gasteiger partial charge in [0.25, 0.3) is 0 Å². The zero-order valence-electron chi connectivity index (χ0n) is 12.6. The van der Waals surface area contributed by atoms with E-state index in [2.05, 4.69) is 12.0 Å². The lowest BCUT2D eigenvalue weighted by atomic mass is 9.99. The van der Waals surface area contributed by atoms with Crippen molar-refractivity contribution >= 4 is 15.7 Å². The minimum absolute atomic E-state index is 0.318. The highest BCUT2D eigenvalue weighted by Gasteiger charge is 2.35. The van der Waals surface area contributed by atoms with E-state index in [0.717, 1.165) is 12.0 Å². The second-order valence-corrected chi connectivity index (χ2v) is 7.22. The second-order valence-electron chi connectivity index (χ2n) is 5.38. The molecule has 1 aromatic heterocycles. The molecule has 1 aromatic carbocycles. The molecule has 1 aliphatic heterocycles. The fourth-order valence-electron chi connectivity index (χ4n) is 2.65. The van der Waals surface area contributed by atoms with Crippen molar-refractivity contribution in [1.29, 1.82) is 0 Å². The van der Waals surface area contributed by atoms with E-state index >= 15 is 0 Å². The van der Waals surface area contributed by atoms with E-state index in [0.29, 0.717) is 17.9 Å². The Bertz CT molecular complexity index is 795. The fourth-order valence-corrected chi connectivity index (χ4v) is 3.56. The summed E-state index contributed by atoms with van der Waals surface area (Å²) in [6.07, 6.45) is 4.16. The number of hydrogen-bond donors (Lipinski definition) is 0. The molecular formula is C16H18N2O3S. The minimum atomic E-state index is -3.44. The first-order chi connectivity index (χ1) is 10.5. The van der Waals surface area contributed by atoms with Gasteiger partial charge < -0.3 is 4.42 Å². The van der Waals surface area contributed by atoms with Crippen molar-refractivity contribution in [2.75, 3.05) is 6.26 Å². The highest BCUT2D eigenvalue weighted by molar-refractivity contribution is 7.88. The van der Waals surface area contributed by atoms with Crippen LogP contribution >= 0.6 is 0 Å². The lowest BCUT2D eigenvalue weighted by Gasteiger charge is -2.21. The molecule has 0 N–H and O–H groups in total. The van der Waals surface area contributed by atoms with Gasteiger partial charge in [0.1, 0.15) is 11.5 Å². The Balaban J connectivity index is 2.00. The summed E-state index contributed by atoms with van der Waals surface area (Å²) >= 11 is 0. The number of furan rings is 1. The summed E-state index contributed by atoms with van der Waals surface area (Å²) in [5.74, 6) is 0.614. The molecule has 1 atom stereocenters. The number of aryl methyl sites for hydroxylation is 1. The van der Waals surface area contributed by atoms with E-state index in [1.54, 1.807) is 18.4 Å². The fraction of sp³-hybridized carbons (Fsp3) is 0.312. The molecule has 5 nitrogen and oxygen atoms in total. The van der Waals surface area contributed by atoms with E-state index in [-0.39, 0.29) is 6.04 Å². The summed E-state index contributed by atoms with van der Waals surface area (Å²) in [4.78, 5) is 0. The van der Waals surface area contributed by atoms with Crippen molar-refractivity contribution in [2.24, 2.45) is 5.10 Å². The number of benzene rings is 1. The predicted octanol–water partition coefficient (Wildman–Crippen LogP) is 2.95. The normalized spacial score (nSPS) is 18.5. The molecule has 3 rings (SSSR count). The molecule has 2 aromatic rings. The van der Waals surface area contributed by atoms with Crippen LogP contribution in [0.2, 0.25) is 0 Å². The average Bonchev–Trinajstić information content (AvgIpc) is 3.15. The molecule has 0 unspecified atom stereocenters. The largest absolute Gasteiger partial charge is 0.463 e. The van der Waals surface area contributed by atoms with Crippen LogP contribution in [0.25, 0.3) is 0 Å². The molecule has 0 radical (unpaired) electrons. The van der Waals surface area contributed by atoms with Crippen molar-refractivity contribution in [3.05, 3.63) is 59.5 Å². The summed E-state index contributed by atoms with van der Waals surface area (Å²) in [6.45, 7) is 2.08. The smallest absolute Gasteiger partial charge is 0.247 e. The first-order valence-corrected chi connectivity index (χ1v) is 9.03. The number of hydrogen-bond acceptors (Lipinski definition) is 4. The number of hydrazone groups is 1. The zero-order chi connectivity index (χ0) is 15.7. The lowest BCUT2D eigenvalue weighted by molar-refractivity contribution is 0.374. The predicted molar refractivity (Wildman–Crippen MR) is 85.1 cm³/mol. The first kappa shape index (κ1) is 14.8. The summed E-state index contributed by atoms with van der Waals surface area (Å²) in [5.41, 5.74) is 2.79. The van der Waals surface area contributed by atoms with Gasteiger partial charge in [0, 0.05) is 6.42 Å². The topological polar surface area (TPSA) is 62.9 Å². The van der Waals surface area contributed by atoms with Crippen LogP contribution in [0, 0.1) is 0 Å². The Hall–Kier alpha value is -2.08. The molecule has 0 bridgehead atoms. The Morgan fingerprint density at radius 3 is 2.77 bits per heavy atom. The summed E-state index contributed by atoms with van der Waals surface area (Å²) in [7, 11) is -3.44. The van der Waals surface area contributed by atoms with Gasteiger partial charge in [-0.2, -0.15) is 9.52 Å². The monoisotopic (exact) mass is 318 g/mol. The van der Waals surface area contributed by atoms with Gasteiger partial charge in [-0.15, -0.1) is 0 Å². The van der Waals surface area contributed by atoms with Crippen LogP contribution in [0.4, 0.5) is 0 Å². The van der Waals surface area contributed by atoms with Crippen LogP contribution < -0.4 is 0 Å². The highest BCUT2D eigenvalue weighted by atomic mass is 32.2. The summed E-state index contributed by atoms with van der Waals surface area (Å²) in [5, 5.41) is 4.28. The molecule has 0 saturated heterocycles. The number of nitrogens with zero attached hydrogens (tertiary/aromatic N) is 2. The summed E-state index contributed by atoms with van der Waals surface area (Å²) in [6, 6.07) is 11.2. The molecule has 0 saturated carbocycles. The number of rotatable bonds is 4. The van der Waals surface area contributed by atoms with Gasteiger partial charge in [-0.1, -0.05) is 31.2 Å². The van der Waals surface area contributed by atoms with Crippen molar-refractivity contribution in [3.63, 3.8) is 0 Å². The molecule has 0 spiro atoms. The summed E-state index contributed by atoms with van der Waals surface area (Å²) < 4.78 is 30.7. The van der Waals surface area contributed by atoms with Crippen molar-refractivity contribution in [1.82, 2.24) is 4.41 Å². The highest BCUT2D eigenvalue weighted by Crippen LogP contribution is 2.34. The van der Waals surface area contributed by atoms with Crippen LogP contribution in [-0.2, 0) is 16.4 Å². The van der Waals surface area contributed by atoms with Crippen molar-refractivity contribution in [3.8, 4) is 0 Å². The molecule has 0 amide bonds. The standard InChI is InChI=1S/C16H18N2O3S/c1-3-12-6-4-7-13(10-12)15-11-14(16-8-5-9-21-16)17-18(15)22(2,19)20/h4-10,15H,3,11H2,1-2H3/t15-/m1/s1. The maximum atomic E-state index is 12.1. The SMILES string of the molecule is CCc1cccc([C@H]2CC(c3ccco3)=NN2S(C)(=O)=O)c1. The molecule has 0 fully saturated rings. The third kappa shape index (κ3) is 2.78. The maximum Gasteiger partial charge on any atom is 0.247 e. The Labute approximate surface area is 130 Å². The van der Waals surface area contributed by atoms with Gasteiger partial charge in [0.2, 0.25) is 10.0 Å². The Morgan fingerprint density at radius 1 is 1.32 bits per heavy atom. The van der Waals surface area contributed by atoms with Gasteiger partial charge in [0.05, 0.1) is 18.6 Å². The molecule has 22 heavy (non-hydrogen) atoms. The second kappa shape index (κ2) is 5.61. The number of sulfonamides is 1. The molecule has 116 valence electrons. The third-order valence-corrected chi connectivity index (χ3v) is 4.78. The Kier molecular flexibility index (Phi) is 3.78. The molecule has 0 aliphatic carbocycles. The van der Waals surface area contributed by atoms with E-state index in [1.165, 1.54) is 16.2 Å². The maximum absolute atomic E-state index is 12.1. The van der Waals surface area contributed by atoms with Gasteiger partial charge in [0.15, 0.2) is 0 Å². The van der Waals surface area contributed by atoms with Crippen LogP contribution in [0.3, 0.4) is 0 Å². The van der Waals surface area contributed by atoms with Gasteiger partial charge in [-0.25, -0.2) is 8.42 Å². The van der Waals surface area contributed by atoms with Gasteiger partial charge >= 0.3 is 0 Å². The van der Waals surface area contributed by atoms with E-state index in [9.17, 15) is 8.42 Å². The first-order valence-electron chi connectivity index (χ1n) is 7.18. The lowest BCUT2D eigenvalue weighted by Crippen LogP contribution is -2.26. The van der Waals surface area contributed by atoms with Crippen LogP contribution in [-0.4, -0.2) is 24.8 Å². The Morgan fingerprint density at radius 2 is 2.14 bits per heavy atom.